The van der Waals surface area contributed by atoms with Crippen LogP contribution in [0.3, 0.4) is 0 Å². The molecule has 0 fully saturated rings. The predicted octanol–water partition coefficient (Wildman–Crippen LogP) is 4.83. The second-order valence-electron chi connectivity index (χ2n) is 6.82. The first kappa shape index (κ1) is 17.4. The van der Waals surface area contributed by atoms with Crippen LogP contribution in [0, 0.1) is 16.0 Å². The number of para-hydroxylation sites is 1. The highest BCUT2D eigenvalue weighted by Crippen LogP contribution is 2.52. The third kappa shape index (κ3) is 2.91. The van der Waals surface area contributed by atoms with Gasteiger partial charge in [-0.25, -0.2) is 0 Å². The smallest absolute Gasteiger partial charge is 0.311 e. The quantitative estimate of drug-likeness (QED) is 0.466. The maximum atomic E-state index is 11.5. The lowest BCUT2D eigenvalue weighted by Gasteiger charge is -2.38. The molecular weight excluding hydrogens is 344 g/mol. The number of nitro groups is 1. The first-order valence-electron chi connectivity index (χ1n) is 9.15. The van der Waals surface area contributed by atoms with Gasteiger partial charge in [0.2, 0.25) is 0 Å². The van der Waals surface area contributed by atoms with E-state index in [4.69, 9.17) is 9.47 Å². The standard InChI is InChI=1S/C21H22N2O4/c1-3-27-19-9-5-8-16-14-6-4-7-15(14)20(22-21(16)19)13-10-11-18(26-2)17(12-13)23(24)25/h4-6,8-12,14-15,20,22H,3,7H2,1-2H3/t14-,15+,20-/m1/s1. The Labute approximate surface area is 158 Å². The van der Waals surface area contributed by atoms with E-state index in [0.717, 1.165) is 23.4 Å². The van der Waals surface area contributed by atoms with Gasteiger partial charge in [-0.05, 0) is 42.5 Å². The number of anilines is 1. The number of rotatable bonds is 5. The summed E-state index contributed by atoms with van der Waals surface area (Å²) in [6.07, 6.45) is 5.37. The Morgan fingerprint density at radius 2 is 2.11 bits per heavy atom. The predicted molar refractivity (Wildman–Crippen MR) is 104 cm³/mol. The average molecular weight is 366 g/mol. The zero-order valence-corrected chi connectivity index (χ0v) is 15.3. The molecule has 0 saturated heterocycles. The molecule has 1 heterocycles. The summed E-state index contributed by atoms with van der Waals surface area (Å²) in [5.74, 6) is 1.67. The minimum Gasteiger partial charge on any atom is -0.492 e. The summed E-state index contributed by atoms with van der Waals surface area (Å²) in [4.78, 5) is 11.1. The number of hydrogen-bond acceptors (Lipinski definition) is 5. The highest BCUT2D eigenvalue weighted by Gasteiger charge is 2.39. The molecule has 3 atom stereocenters. The molecule has 0 unspecified atom stereocenters. The monoisotopic (exact) mass is 366 g/mol. The fourth-order valence-corrected chi connectivity index (χ4v) is 4.24. The molecule has 2 aromatic rings. The maximum Gasteiger partial charge on any atom is 0.311 e. The lowest BCUT2D eigenvalue weighted by atomic mass is 9.77. The van der Waals surface area contributed by atoms with Gasteiger partial charge < -0.3 is 14.8 Å². The zero-order valence-electron chi connectivity index (χ0n) is 15.3. The number of ether oxygens (including phenoxy) is 2. The number of nitrogens with one attached hydrogen (secondary N) is 1. The van der Waals surface area contributed by atoms with Crippen LogP contribution < -0.4 is 14.8 Å². The van der Waals surface area contributed by atoms with E-state index >= 15 is 0 Å². The van der Waals surface area contributed by atoms with Gasteiger partial charge in [0.15, 0.2) is 5.75 Å². The van der Waals surface area contributed by atoms with E-state index in [0.29, 0.717) is 12.5 Å². The lowest BCUT2D eigenvalue weighted by molar-refractivity contribution is -0.385. The van der Waals surface area contributed by atoms with Crippen LogP contribution in [-0.2, 0) is 0 Å². The Bertz CT molecular complexity index is 909. The molecule has 6 nitrogen and oxygen atoms in total. The molecular formula is C21H22N2O4. The lowest BCUT2D eigenvalue weighted by Crippen LogP contribution is -2.29. The van der Waals surface area contributed by atoms with E-state index in [1.807, 2.05) is 25.1 Å². The SMILES string of the molecule is CCOc1cccc2c1N[C@H](c1ccc(OC)c([N+](=O)[O-])c1)[C@H]1CC=C[C@@H]21. The van der Waals surface area contributed by atoms with E-state index in [-0.39, 0.29) is 23.4 Å². The van der Waals surface area contributed by atoms with Crippen LogP contribution in [0.1, 0.15) is 36.4 Å². The number of nitro benzene ring substituents is 1. The molecule has 0 amide bonds. The summed E-state index contributed by atoms with van der Waals surface area (Å²) in [5.41, 5.74) is 3.08. The Hall–Kier alpha value is -3.02. The van der Waals surface area contributed by atoms with Crippen LogP contribution in [0.2, 0.25) is 0 Å². The molecule has 140 valence electrons. The van der Waals surface area contributed by atoms with Crippen LogP contribution >= 0.6 is 0 Å². The molecule has 0 aromatic heterocycles. The number of hydrogen-bond donors (Lipinski definition) is 1. The summed E-state index contributed by atoms with van der Waals surface area (Å²) < 4.78 is 11.0. The van der Waals surface area contributed by atoms with Gasteiger partial charge in [0, 0.05) is 12.0 Å². The summed E-state index contributed by atoms with van der Waals surface area (Å²) in [6.45, 7) is 2.55. The number of fused-ring (bicyclic) bond motifs is 3. The van der Waals surface area contributed by atoms with Gasteiger partial charge >= 0.3 is 5.69 Å². The Morgan fingerprint density at radius 3 is 2.85 bits per heavy atom. The molecule has 4 rings (SSSR count). The van der Waals surface area contributed by atoms with Crippen LogP contribution in [0.15, 0.2) is 48.6 Å². The van der Waals surface area contributed by atoms with Crippen molar-refractivity contribution in [2.75, 3.05) is 19.0 Å². The molecule has 1 aliphatic carbocycles. The minimum atomic E-state index is -0.394. The highest BCUT2D eigenvalue weighted by atomic mass is 16.6. The van der Waals surface area contributed by atoms with Crippen LogP contribution in [0.5, 0.6) is 11.5 Å². The van der Waals surface area contributed by atoms with Crippen LogP contribution in [0.25, 0.3) is 0 Å². The Balaban J connectivity index is 1.79. The van der Waals surface area contributed by atoms with Crippen LogP contribution in [0.4, 0.5) is 11.4 Å². The first-order chi connectivity index (χ1) is 13.1. The molecule has 0 saturated carbocycles. The third-order valence-electron chi connectivity index (χ3n) is 5.42. The molecule has 0 spiro atoms. The van der Waals surface area contributed by atoms with Crippen molar-refractivity contribution >= 4 is 11.4 Å². The van der Waals surface area contributed by atoms with Crippen molar-refractivity contribution in [2.45, 2.75) is 25.3 Å². The molecule has 2 aromatic carbocycles. The normalized spacial score (nSPS) is 22.5. The number of allylic oxidation sites excluding steroid dienone is 2. The Morgan fingerprint density at radius 1 is 1.26 bits per heavy atom. The average Bonchev–Trinajstić information content (AvgIpc) is 3.17. The molecule has 2 aliphatic rings. The van der Waals surface area contributed by atoms with Gasteiger partial charge in [-0.1, -0.05) is 30.4 Å². The maximum absolute atomic E-state index is 11.5. The van der Waals surface area contributed by atoms with Crippen molar-refractivity contribution in [1.82, 2.24) is 0 Å². The van der Waals surface area contributed by atoms with Crippen LogP contribution in [-0.4, -0.2) is 18.6 Å². The van der Waals surface area contributed by atoms with Crippen molar-refractivity contribution in [3.63, 3.8) is 0 Å². The molecule has 27 heavy (non-hydrogen) atoms. The highest BCUT2D eigenvalue weighted by molar-refractivity contribution is 5.68. The number of nitrogens with zero attached hydrogens (tertiary/aromatic N) is 1. The van der Waals surface area contributed by atoms with Crippen molar-refractivity contribution in [2.24, 2.45) is 5.92 Å². The fraction of sp³-hybridized carbons (Fsp3) is 0.333. The number of methoxy groups -OCH3 is 1. The van der Waals surface area contributed by atoms with E-state index < -0.39 is 4.92 Å². The summed E-state index contributed by atoms with van der Waals surface area (Å²) in [5, 5.41) is 15.1. The van der Waals surface area contributed by atoms with E-state index in [9.17, 15) is 10.1 Å². The zero-order chi connectivity index (χ0) is 19.0. The minimum absolute atomic E-state index is 0.0109. The van der Waals surface area contributed by atoms with Gasteiger partial charge in [-0.3, -0.25) is 10.1 Å². The van der Waals surface area contributed by atoms with Crippen molar-refractivity contribution in [3.05, 3.63) is 69.8 Å². The van der Waals surface area contributed by atoms with E-state index in [2.05, 4.69) is 23.5 Å². The summed E-state index contributed by atoms with van der Waals surface area (Å²) in [7, 11) is 1.45. The van der Waals surface area contributed by atoms with Crippen molar-refractivity contribution in [3.8, 4) is 11.5 Å². The molecule has 0 radical (unpaired) electrons. The second kappa shape index (κ2) is 6.95. The fourth-order valence-electron chi connectivity index (χ4n) is 4.24. The van der Waals surface area contributed by atoms with Crippen molar-refractivity contribution < 1.29 is 14.4 Å². The topological polar surface area (TPSA) is 73.6 Å². The number of benzene rings is 2. The van der Waals surface area contributed by atoms with Gasteiger partial charge in [0.05, 0.1) is 30.4 Å². The van der Waals surface area contributed by atoms with Gasteiger partial charge in [-0.2, -0.15) is 0 Å². The molecule has 1 N–H and O–H groups in total. The third-order valence-corrected chi connectivity index (χ3v) is 5.42. The summed E-state index contributed by atoms with van der Waals surface area (Å²) in [6, 6.07) is 11.3. The van der Waals surface area contributed by atoms with Gasteiger partial charge in [0.1, 0.15) is 5.75 Å². The van der Waals surface area contributed by atoms with E-state index in [1.54, 1.807) is 12.1 Å². The first-order valence-corrected chi connectivity index (χ1v) is 9.15. The molecule has 6 heteroatoms. The summed E-state index contributed by atoms with van der Waals surface area (Å²) >= 11 is 0. The Kier molecular flexibility index (Phi) is 4.48. The van der Waals surface area contributed by atoms with Crippen molar-refractivity contribution in [1.29, 1.82) is 0 Å². The second-order valence-corrected chi connectivity index (χ2v) is 6.82. The van der Waals surface area contributed by atoms with Gasteiger partial charge in [0.25, 0.3) is 0 Å². The largest absolute Gasteiger partial charge is 0.492 e. The van der Waals surface area contributed by atoms with E-state index in [1.165, 1.54) is 12.7 Å². The van der Waals surface area contributed by atoms with Gasteiger partial charge in [-0.15, -0.1) is 0 Å². The molecule has 0 bridgehead atoms. The molecule has 1 aliphatic heterocycles.